The first-order valence-electron chi connectivity index (χ1n) is 11.4. The lowest BCUT2D eigenvalue weighted by Gasteiger charge is -2.25. The molecule has 1 aliphatic rings. The van der Waals surface area contributed by atoms with Crippen molar-refractivity contribution in [1.82, 2.24) is 10.2 Å². The smallest absolute Gasteiger partial charge is 0.223 e. The molecule has 2 rings (SSSR count). The van der Waals surface area contributed by atoms with Crippen molar-refractivity contribution in [2.45, 2.75) is 66.0 Å². The number of hydrogen-bond acceptors (Lipinski definition) is 2. The van der Waals surface area contributed by atoms with Gasteiger partial charge in [-0.1, -0.05) is 95.7 Å². The molecule has 1 aliphatic carbocycles. The molecule has 0 saturated heterocycles. The lowest BCUT2D eigenvalue weighted by atomic mass is 9.82. The van der Waals surface area contributed by atoms with Crippen molar-refractivity contribution in [1.29, 1.82) is 0 Å². The zero-order chi connectivity index (χ0) is 22.4. The summed E-state index contributed by atoms with van der Waals surface area (Å²) in [6, 6.07) is 8.51. The molecule has 3 heteroatoms. The van der Waals surface area contributed by atoms with Crippen molar-refractivity contribution in [3.05, 3.63) is 72.4 Å². The van der Waals surface area contributed by atoms with Gasteiger partial charge in [0, 0.05) is 25.6 Å². The van der Waals surface area contributed by atoms with Crippen LogP contribution in [0.25, 0.3) is 0 Å². The first kappa shape index (κ1) is 25.9. The number of carbonyl (C=O) groups is 1. The maximum atomic E-state index is 12.4. The lowest BCUT2D eigenvalue weighted by molar-refractivity contribution is -0.126. The van der Waals surface area contributed by atoms with Crippen LogP contribution in [0.1, 0.15) is 64.0 Å². The Morgan fingerprint density at radius 2 is 1.80 bits per heavy atom. The molecule has 0 bridgehead atoms. The minimum atomic E-state index is 0.198. The minimum absolute atomic E-state index is 0.198. The number of benzene rings is 1. The molecule has 1 fully saturated rings. The molecule has 166 valence electrons. The third-order valence-electron chi connectivity index (χ3n) is 5.30. The SMILES string of the molecule is C=C/C=C(\C=C)CN(C)Cc1ccc(CNC(=O)C2CCCC(C)C2)cc1.CCC. The van der Waals surface area contributed by atoms with E-state index in [1.54, 1.807) is 6.08 Å². The number of amides is 1. The highest BCUT2D eigenvalue weighted by molar-refractivity contribution is 5.78. The van der Waals surface area contributed by atoms with Gasteiger partial charge in [-0.2, -0.15) is 0 Å². The summed E-state index contributed by atoms with van der Waals surface area (Å²) in [5.41, 5.74) is 3.57. The van der Waals surface area contributed by atoms with Gasteiger partial charge >= 0.3 is 0 Å². The van der Waals surface area contributed by atoms with Crippen LogP contribution in [0, 0.1) is 11.8 Å². The van der Waals surface area contributed by atoms with Crippen LogP contribution in [0.15, 0.2) is 61.2 Å². The molecule has 1 saturated carbocycles. The van der Waals surface area contributed by atoms with Crippen molar-refractivity contribution in [2.24, 2.45) is 11.8 Å². The van der Waals surface area contributed by atoms with E-state index in [1.165, 1.54) is 24.8 Å². The van der Waals surface area contributed by atoms with E-state index in [1.807, 2.05) is 12.2 Å². The zero-order valence-electron chi connectivity index (χ0n) is 19.6. The van der Waals surface area contributed by atoms with Crippen LogP contribution in [0.5, 0.6) is 0 Å². The van der Waals surface area contributed by atoms with Crippen LogP contribution < -0.4 is 5.32 Å². The molecule has 2 atom stereocenters. The second kappa shape index (κ2) is 14.8. The van der Waals surface area contributed by atoms with Crippen molar-refractivity contribution in [3.8, 4) is 0 Å². The largest absolute Gasteiger partial charge is 0.352 e. The molecule has 3 nitrogen and oxygen atoms in total. The van der Waals surface area contributed by atoms with Crippen molar-refractivity contribution >= 4 is 5.91 Å². The molecule has 0 radical (unpaired) electrons. The predicted octanol–water partition coefficient (Wildman–Crippen LogP) is 6.28. The van der Waals surface area contributed by atoms with Crippen LogP contribution in [0.2, 0.25) is 0 Å². The number of nitrogens with one attached hydrogen (secondary N) is 1. The van der Waals surface area contributed by atoms with Gasteiger partial charge in [0.2, 0.25) is 5.91 Å². The van der Waals surface area contributed by atoms with Crippen LogP contribution in [-0.4, -0.2) is 24.4 Å². The molecule has 30 heavy (non-hydrogen) atoms. The molecule has 2 unspecified atom stereocenters. The zero-order valence-corrected chi connectivity index (χ0v) is 19.6. The van der Waals surface area contributed by atoms with E-state index in [9.17, 15) is 4.79 Å². The Kier molecular flexibility index (Phi) is 12.8. The summed E-state index contributed by atoms with van der Waals surface area (Å²) in [6.45, 7) is 16.4. The van der Waals surface area contributed by atoms with Crippen molar-refractivity contribution in [3.63, 3.8) is 0 Å². The van der Waals surface area contributed by atoms with Gasteiger partial charge in [0.05, 0.1) is 0 Å². The predicted molar refractivity (Wildman–Crippen MR) is 130 cm³/mol. The van der Waals surface area contributed by atoms with Gasteiger partial charge in [0.15, 0.2) is 0 Å². The Labute approximate surface area is 184 Å². The fourth-order valence-corrected chi connectivity index (χ4v) is 3.78. The van der Waals surface area contributed by atoms with E-state index in [0.717, 1.165) is 37.1 Å². The lowest BCUT2D eigenvalue weighted by Crippen LogP contribution is -2.33. The average Bonchev–Trinajstić information content (AvgIpc) is 2.73. The molecule has 1 aromatic carbocycles. The fourth-order valence-electron chi connectivity index (χ4n) is 3.78. The molecule has 0 spiro atoms. The van der Waals surface area contributed by atoms with Crippen LogP contribution in [0.3, 0.4) is 0 Å². The summed E-state index contributed by atoms with van der Waals surface area (Å²) < 4.78 is 0. The number of allylic oxidation sites excluding steroid dienone is 2. The Bertz CT molecular complexity index is 675. The van der Waals surface area contributed by atoms with E-state index >= 15 is 0 Å². The molecular formula is C27H42N2O. The minimum Gasteiger partial charge on any atom is -0.352 e. The third-order valence-corrected chi connectivity index (χ3v) is 5.30. The fraction of sp³-hybridized carbons (Fsp3) is 0.519. The third kappa shape index (κ3) is 10.1. The summed E-state index contributed by atoms with van der Waals surface area (Å²) in [4.78, 5) is 14.6. The second-order valence-electron chi connectivity index (χ2n) is 8.56. The summed E-state index contributed by atoms with van der Waals surface area (Å²) in [7, 11) is 2.10. The number of carbonyl (C=O) groups excluding carboxylic acids is 1. The van der Waals surface area contributed by atoms with Crippen molar-refractivity contribution in [2.75, 3.05) is 13.6 Å². The van der Waals surface area contributed by atoms with Crippen molar-refractivity contribution < 1.29 is 4.79 Å². The molecule has 0 heterocycles. The number of nitrogens with zero attached hydrogens (tertiary/aromatic N) is 1. The highest BCUT2D eigenvalue weighted by Gasteiger charge is 2.24. The molecule has 0 aliphatic heterocycles. The average molecular weight is 411 g/mol. The number of hydrogen-bond donors (Lipinski definition) is 1. The first-order valence-corrected chi connectivity index (χ1v) is 11.4. The van der Waals surface area contributed by atoms with Crippen LogP contribution in [0.4, 0.5) is 0 Å². The summed E-state index contributed by atoms with van der Waals surface area (Å²) in [5, 5.41) is 3.12. The molecular weight excluding hydrogens is 368 g/mol. The van der Waals surface area contributed by atoms with Gasteiger partial charge in [0.25, 0.3) is 0 Å². The molecule has 1 amide bonds. The van der Waals surface area contributed by atoms with E-state index in [2.05, 4.69) is 75.5 Å². The first-order chi connectivity index (χ1) is 14.4. The van der Waals surface area contributed by atoms with E-state index in [0.29, 0.717) is 12.5 Å². The number of rotatable bonds is 9. The molecule has 1 N–H and O–H groups in total. The standard InChI is InChI=1S/C24H34N2O.C3H8/c1-5-8-20(6-2)17-26(4)18-22-13-11-21(12-14-22)16-25-24(27)23-10-7-9-19(3)15-23;1-3-2/h5-6,8,11-14,19,23H,1-2,7,9-10,15-18H2,3-4H3,(H,25,27);3H2,1-2H3/b20-8+;. The van der Waals surface area contributed by atoms with E-state index in [-0.39, 0.29) is 11.8 Å². The second-order valence-corrected chi connectivity index (χ2v) is 8.56. The summed E-state index contributed by atoms with van der Waals surface area (Å²) >= 11 is 0. The van der Waals surface area contributed by atoms with Gasteiger partial charge in [-0.3, -0.25) is 9.69 Å². The van der Waals surface area contributed by atoms with E-state index < -0.39 is 0 Å². The van der Waals surface area contributed by atoms with Gasteiger partial charge < -0.3 is 5.32 Å². The Morgan fingerprint density at radius 3 is 2.37 bits per heavy atom. The molecule has 1 aromatic rings. The van der Waals surface area contributed by atoms with Gasteiger partial charge in [-0.25, -0.2) is 0 Å². The highest BCUT2D eigenvalue weighted by Crippen LogP contribution is 2.28. The highest BCUT2D eigenvalue weighted by atomic mass is 16.1. The summed E-state index contributed by atoms with van der Waals surface area (Å²) in [5.74, 6) is 1.09. The maximum absolute atomic E-state index is 12.4. The normalized spacial score (nSPS) is 18.9. The Balaban J connectivity index is 0.00000141. The van der Waals surface area contributed by atoms with Gasteiger partial charge in [-0.05, 0) is 42.5 Å². The summed E-state index contributed by atoms with van der Waals surface area (Å²) in [6.07, 6.45) is 11.4. The monoisotopic (exact) mass is 410 g/mol. The van der Waals surface area contributed by atoms with Crippen LogP contribution in [-0.2, 0) is 17.9 Å². The molecule has 0 aromatic heterocycles. The quantitative estimate of drug-likeness (QED) is 0.486. The van der Waals surface area contributed by atoms with Gasteiger partial charge in [-0.15, -0.1) is 0 Å². The Hall–Kier alpha value is -2.13. The number of likely N-dealkylation sites (N-methyl/N-ethyl adjacent to an activating group) is 1. The van der Waals surface area contributed by atoms with Gasteiger partial charge in [0.1, 0.15) is 0 Å². The van der Waals surface area contributed by atoms with E-state index in [4.69, 9.17) is 0 Å². The topological polar surface area (TPSA) is 32.3 Å². The maximum Gasteiger partial charge on any atom is 0.223 e. The Morgan fingerprint density at radius 1 is 1.17 bits per heavy atom. The van der Waals surface area contributed by atoms with Crippen LogP contribution >= 0.6 is 0 Å².